The Kier molecular flexibility index (Phi) is 10.9. The number of carbonyl (C=O) groups excluding carboxylic acids is 1. The van der Waals surface area contributed by atoms with Crippen molar-refractivity contribution in [1.82, 2.24) is 9.97 Å². The van der Waals surface area contributed by atoms with Gasteiger partial charge in [-0.05, 0) is 56.4 Å². The fraction of sp³-hybridized carbons (Fsp3) is 0.400. The average molecular weight is 453 g/mol. The normalized spacial score (nSPS) is 13.5. The molecular formula is C25H36N6O2. The van der Waals surface area contributed by atoms with Gasteiger partial charge in [0.05, 0.1) is 0 Å². The van der Waals surface area contributed by atoms with Crippen LogP contribution in [0.3, 0.4) is 0 Å². The number of hydrogen-bond acceptors (Lipinski definition) is 7. The van der Waals surface area contributed by atoms with Crippen molar-refractivity contribution in [3.63, 3.8) is 0 Å². The van der Waals surface area contributed by atoms with E-state index in [-0.39, 0.29) is 12.5 Å². The molecule has 0 radical (unpaired) electrons. The van der Waals surface area contributed by atoms with Crippen molar-refractivity contribution in [3.05, 3.63) is 60.6 Å². The predicted molar refractivity (Wildman–Crippen MR) is 136 cm³/mol. The summed E-state index contributed by atoms with van der Waals surface area (Å²) in [6.45, 7) is 10.0. The van der Waals surface area contributed by atoms with Gasteiger partial charge < -0.3 is 26.4 Å². The molecule has 2 heterocycles. The molecule has 0 spiro atoms. The third kappa shape index (κ3) is 8.23. The molecule has 2 aromatic rings. The summed E-state index contributed by atoms with van der Waals surface area (Å²) in [4.78, 5) is 23.3. The van der Waals surface area contributed by atoms with Crippen LogP contribution in [0.1, 0.15) is 50.9 Å². The van der Waals surface area contributed by atoms with Crippen LogP contribution in [0.25, 0.3) is 5.57 Å². The third-order valence-corrected chi connectivity index (χ3v) is 5.12. The molecular weight excluding hydrogens is 416 g/mol. The van der Waals surface area contributed by atoms with E-state index >= 15 is 0 Å². The number of benzene rings is 1. The van der Waals surface area contributed by atoms with Crippen molar-refractivity contribution in [1.29, 1.82) is 0 Å². The molecule has 1 fully saturated rings. The molecule has 0 aliphatic carbocycles. The van der Waals surface area contributed by atoms with Crippen LogP contribution in [0.4, 0.5) is 17.3 Å². The third-order valence-electron chi connectivity index (χ3n) is 5.12. The fourth-order valence-corrected chi connectivity index (χ4v) is 3.45. The summed E-state index contributed by atoms with van der Waals surface area (Å²) in [6.07, 6.45) is 7.24. The molecule has 0 saturated carbocycles. The van der Waals surface area contributed by atoms with Gasteiger partial charge in [-0.1, -0.05) is 25.6 Å². The molecule has 1 aliphatic heterocycles. The second-order valence-electron chi connectivity index (χ2n) is 7.59. The lowest BCUT2D eigenvalue weighted by molar-refractivity contribution is -0.111. The highest BCUT2D eigenvalue weighted by atomic mass is 16.2. The van der Waals surface area contributed by atoms with Crippen LogP contribution in [0.5, 0.6) is 0 Å². The lowest BCUT2D eigenvalue weighted by Crippen LogP contribution is -2.30. The van der Waals surface area contributed by atoms with Crippen molar-refractivity contribution in [3.8, 4) is 0 Å². The first-order valence-electron chi connectivity index (χ1n) is 11.5. The maximum Gasteiger partial charge on any atom is 0.247 e. The van der Waals surface area contributed by atoms with E-state index in [1.165, 1.54) is 25.3 Å². The van der Waals surface area contributed by atoms with Crippen molar-refractivity contribution in [2.45, 2.75) is 46.1 Å². The number of anilines is 3. The molecule has 1 aliphatic rings. The summed E-state index contributed by atoms with van der Waals surface area (Å²) in [5, 5.41) is 13.8. The summed E-state index contributed by atoms with van der Waals surface area (Å²) in [6, 6.07) is 9.69. The minimum atomic E-state index is -0.229. The van der Waals surface area contributed by atoms with E-state index in [9.17, 15) is 4.79 Å². The number of aliphatic hydroxyl groups is 1. The molecule has 1 aromatic heterocycles. The minimum absolute atomic E-state index is 0.229. The summed E-state index contributed by atoms with van der Waals surface area (Å²) in [5.41, 5.74) is 8.49. The molecule has 1 aromatic carbocycles. The molecule has 5 N–H and O–H groups in total. The highest BCUT2D eigenvalue weighted by Crippen LogP contribution is 2.24. The van der Waals surface area contributed by atoms with Crippen LogP contribution in [0.2, 0.25) is 0 Å². The van der Waals surface area contributed by atoms with Crippen molar-refractivity contribution < 1.29 is 9.90 Å². The number of piperidine rings is 1. The van der Waals surface area contributed by atoms with Gasteiger partial charge in [0.15, 0.2) is 5.82 Å². The van der Waals surface area contributed by atoms with Gasteiger partial charge in [0.25, 0.3) is 0 Å². The molecule has 3 rings (SSSR count). The Morgan fingerprint density at radius 3 is 2.58 bits per heavy atom. The summed E-state index contributed by atoms with van der Waals surface area (Å²) >= 11 is 0. The van der Waals surface area contributed by atoms with Crippen molar-refractivity contribution >= 4 is 28.8 Å². The van der Waals surface area contributed by atoms with E-state index in [0.29, 0.717) is 12.4 Å². The van der Waals surface area contributed by atoms with Gasteiger partial charge in [0.1, 0.15) is 11.6 Å². The monoisotopic (exact) mass is 452 g/mol. The van der Waals surface area contributed by atoms with E-state index in [0.717, 1.165) is 48.0 Å². The largest absolute Gasteiger partial charge is 0.404 e. The number of rotatable bonds is 8. The second kappa shape index (κ2) is 13.9. The van der Waals surface area contributed by atoms with Gasteiger partial charge in [0, 0.05) is 49.8 Å². The Labute approximate surface area is 196 Å². The molecule has 1 amide bonds. The number of nitrogens with two attached hydrogens (primary N) is 1. The van der Waals surface area contributed by atoms with Crippen LogP contribution < -0.4 is 21.3 Å². The number of nitrogens with zero attached hydrogens (tertiary/aromatic N) is 3. The van der Waals surface area contributed by atoms with Gasteiger partial charge in [-0.25, -0.2) is 9.97 Å². The number of aromatic nitrogens is 2. The minimum Gasteiger partial charge on any atom is -0.404 e. The number of aliphatic hydroxyl groups excluding tert-OH is 1. The molecule has 0 unspecified atom stereocenters. The molecule has 1 saturated heterocycles. The quantitative estimate of drug-likeness (QED) is 0.449. The Morgan fingerprint density at radius 2 is 1.94 bits per heavy atom. The van der Waals surface area contributed by atoms with Gasteiger partial charge in [-0.3, -0.25) is 4.79 Å². The van der Waals surface area contributed by atoms with E-state index in [1.807, 2.05) is 37.3 Å². The summed E-state index contributed by atoms with van der Waals surface area (Å²) in [5.74, 6) is 2.13. The molecule has 8 nitrogen and oxygen atoms in total. The van der Waals surface area contributed by atoms with Gasteiger partial charge in [0.2, 0.25) is 5.91 Å². The predicted octanol–water partition coefficient (Wildman–Crippen LogP) is 3.91. The lowest BCUT2D eigenvalue weighted by atomic mass is 10.1. The van der Waals surface area contributed by atoms with E-state index in [4.69, 9.17) is 15.8 Å². The van der Waals surface area contributed by atoms with Crippen LogP contribution >= 0.6 is 0 Å². The smallest absolute Gasteiger partial charge is 0.247 e. The first kappa shape index (κ1) is 25.9. The lowest BCUT2D eigenvalue weighted by Gasteiger charge is -2.28. The van der Waals surface area contributed by atoms with E-state index in [1.54, 1.807) is 13.1 Å². The maximum absolute atomic E-state index is 11.5. The topological polar surface area (TPSA) is 116 Å². The zero-order valence-electron chi connectivity index (χ0n) is 19.7. The molecule has 0 atom stereocenters. The van der Waals surface area contributed by atoms with Crippen LogP contribution in [0.15, 0.2) is 49.2 Å². The van der Waals surface area contributed by atoms with Crippen molar-refractivity contribution in [2.24, 2.45) is 5.73 Å². The number of hydrogen-bond donors (Lipinski definition) is 4. The van der Waals surface area contributed by atoms with Gasteiger partial charge in [-0.15, -0.1) is 0 Å². The number of nitrogens with one attached hydrogen (secondary N) is 2. The first-order valence-corrected chi connectivity index (χ1v) is 11.5. The Hall–Kier alpha value is -3.39. The van der Waals surface area contributed by atoms with Crippen molar-refractivity contribution in [2.75, 3.05) is 35.2 Å². The van der Waals surface area contributed by atoms with E-state index in [2.05, 4.69) is 27.1 Å². The Bertz CT molecular complexity index is 938. The highest BCUT2D eigenvalue weighted by molar-refractivity contribution is 5.98. The Balaban J connectivity index is 0.00000122. The first-order chi connectivity index (χ1) is 16.0. The number of amides is 1. The molecule has 0 bridgehead atoms. The van der Waals surface area contributed by atoms with Gasteiger partial charge in [-0.2, -0.15) is 0 Å². The molecule has 178 valence electrons. The SMILES string of the molecule is C=CC(=O)Nc1cccc(CNc2cc(N3CCCCC3)nc(/C(=C\N)CC)n2)c1.CCO. The number of carbonyl (C=O) groups is 1. The molecule has 33 heavy (non-hydrogen) atoms. The van der Waals surface area contributed by atoms with Crippen LogP contribution in [0, 0.1) is 0 Å². The number of allylic oxidation sites excluding steroid dienone is 1. The van der Waals surface area contributed by atoms with Gasteiger partial charge >= 0.3 is 0 Å². The second-order valence-corrected chi connectivity index (χ2v) is 7.59. The standard InChI is InChI=1S/C23H30N6O.C2H6O/c1-3-18(15-24)23-27-20(14-21(28-23)29-11-6-5-7-12-29)25-16-17-9-8-10-19(13-17)26-22(30)4-2;1-2-3/h4,8-10,13-15H,2-3,5-7,11-12,16,24H2,1H3,(H,26,30)(H,25,27,28);3H,2H2,1H3/b18-15-;. The molecule has 8 heteroatoms. The summed E-state index contributed by atoms with van der Waals surface area (Å²) in [7, 11) is 0. The van der Waals surface area contributed by atoms with E-state index < -0.39 is 0 Å². The fourth-order valence-electron chi connectivity index (χ4n) is 3.45. The van der Waals surface area contributed by atoms with Crippen LogP contribution in [-0.2, 0) is 11.3 Å². The average Bonchev–Trinajstić information content (AvgIpc) is 2.85. The Morgan fingerprint density at radius 1 is 1.21 bits per heavy atom. The zero-order valence-corrected chi connectivity index (χ0v) is 19.7. The zero-order chi connectivity index (χ0) is 24.1. The highest BCUT2D eigenvalue weighted by Gasteiger charge is 2.16. The maximum atomic E-state index is 11.5. The van der Waals surface area contributed by atoms with Crippen LogP contribution in [-0.4, -0.2) is 40.7 Å². The summed E-state index contributed by atoms with van der Waals surface area (Å²) < 4.78 is 0.